The zero-order chi connectivity index (χ0) is 18.3. The second-order valence-corrected chi connectivity index (χ2v) is 6.25. The smallest absolute Gasteiger partial charge is 0.261 e. The third kappa shape index (κ3) is 2.54. The molecule has 3 aromatic carbocycles. The molecule has 128 valence electrons. The molecule has 0 aliphatic carbocycles. The summed E-state index contributed by atoms with van der Waals surface area (Å²) < 4.78 is 0. The fraction of sp³-hybridized carbons (Fsp3) is 0.0952. The minimum Gasteiger partial charge on any atom is -0.326 e. The van der Waals surface area contributed by atoms with Crippen LogP contribution in [0.25, 0.3) is 10.8 Å². The van der Waals surface area contributed by atoms with E-state index in [-0.39, 0.29) is 24.3 Å². The van der Waals surface area contributed by atoms with Crippen molar-refractivity contribution in [2.45, 2.75) is 13.5 Å². The van der Waals surface area contributed by atoms with Crippen LogP contribution in [0.3, 0.4) is 0 Å². The van der Waals surface area contributed by atoms with Gasteiger partial charge in [-0.25, -0.2) is 0 Å². The molecule has 0 atom stereocenters. The number of nitrogens with one attached hydrogen (secondary N) is 1. The number of hydrogen-bond donors (Lipinski definition) is 1. The average Bonchev–Trinajstić information content (AvgIpc) is 2.64. The predicted octanol–water partition coefficient (Wildman–Crippen LogP) is 3.59. The number of carbonyl (C=O) groups excluding carboxylic acids is 3. The Bertz CT molecular complexity index is 1040. The molecule has 26 heavy (non-hydrogen) atoms. The van der Waals surface area contributed by atoms with E-state index in [1.807, 2.05) is 30.3 Å². The van der Waals surface area contributed by atoms with Crippen LogP contribution in [0, 0.1) is 0 Å². The molecule has 3 aromatic rings. The summed E-state index contributed by atoms with van der Waals surface area (Å²) >= 11 is 0. The van der Waals surface area contributed by atoms with Crippen molar-refractivity contribution in [1.29, 1.82) is 0 Å². The molecule has 0 bridgehead atoms. The van der Waals surface area contributed by atoms with Gasteiger partial charge in [-0.15, -0.1) is 0 Å². The van der Waals surface area contributed by atoms with E-state index in [1.165, 1.54) is 11.8 Å². The van der Waals surface area contributed by atoms with Crippen LogP contribution in [-0.4, -0.2) is 22.6 Å². The van der Waals surface area contributed by atoms with E-state index in [9.17, 15) is 14.4 Å². The molecule has 0 unspecified atom stereocenters. The molecule has 1 aliphatic heterocycles. The molecular weight excluding hydrogens is 328 g/mol. The van der Waals surface area contributed by atoms with Crippen molar-refractivity contribution in [3.8, 4) is 0 Å². The normalized spacial score (nSPS) is 13.2. The molecule has 1 aliphatic rings. The Morgan fingerprint density at radius 1 is 0.885 bits per heavy atom. The van der Waals surface area contributed by atoms with Gasteiger partial charge < -0.3 is 5.32 Å². The summed E-state index contributed by atoms with van der Waals surface area (Å²) in [5, 5.41) is 4.04. The Balaban J connectivity index is 1.84. The monoisotopic (exact) mass is 344 g/mol. The van der Waals surface area contributed by atoms with Crippen LogP contribution in [0.1, 0.15) is 33.2 Å². The van der Waals surface area contributed by atoms with Gasteiger partial charge in [-0.2, -0.15) is 0 Å². The number of benzene rings is 3. The average molecular weight is 344 g/mol. The van der Waals surface area contributed by atoms with Crippen LogP contribution >= 0.6 is 0 Å². The molecule has 1 heterocycles. The highest BCUT2D eigenvalue weighted by Crippen LogP contribution is 2.34. The van der Waals surface area contributed by atoms with Gasteiger partial charge >= 0.3 is 0 Å². The fourth-order valence-electron chi connectivity index (χ4n) is 3.35. The molecule has 3 amide bonds. The number of nitrogens with zero attached hydrogens (tertiary/aromatic N) is 1. The minimum absolute atomic E-state index is 0.204. The van der Waals surface area contributed by atoms with E-state index in [0.29, 0.717) is 27.6 Å². The Labute approximate surface area is 150 Å². The third-order valence-electron chi connectivity index (χ3n) is 4.49. The largest absolute Gasteiger partial charge is 0.326 e. The van der Waals surface area contributed by atoms with E-state index in [2.05, 4.69) is 5.32 Å². The molecule has 0 saturated heterocycles. The summed E-state index contributed by atoms with van der Waals surface area (Å²) in [5.41, 5.74) is 2.43. The number of imide groups is 1. The van der Waals surface area contributed by atoms with E-state index >= 15 is 0 Å². The summed E-state index contributed by atoms with van der Waals surface area (Å²) in [6.07, 6.45) is 0. The summed E-state index contributed by atoms with van der Waals surface area (Å²) in [5.74, 6) is -0.848. The SMILES string of the molecule is CC(=O)Nc1ccc2c3c(cccc13)C(=O)N(Cc1ccccc1)C2=O. The Morgan fingerprint density at radius 2 is 1.58 bits per heavy atom. The van der Waals surface area contributed by atoms with Crippen molar-refractivity contribution in [3.63, 3.8) is 0 Å². The zero-order valence-corrected chi connectivity index (χ0v) is 14.2. The van der Waals surface area contributed by atoms with Gasteiger partial charge in [0.2, 0.25) is 5.91 Å². The molecule has 0 spiro atoms. The quantitative estimate of drug-likeness (QED) is 0.738. The predicted molar refractivity (Wildman–Crippen MR) is 98.9 cm³/mol. The first kappa shape index (κ1) is 16.0. The summed E-state index contributed by atoms with van der Waals surface area (Å²) in [7, 11) is 0. The highest BCUT2D eigenvalue weighted by atomic mass is 16.2. The van der Waals surface area contributed by atoms with Crippen molar-refractivity contribution in [2.75, 3.05) is 5.32 Å². The lowest BCUT2D eigenvalue weighted by Gasteiger charge is -2.28. The molecule has 0 fully saturated rings. The Kier molecular flexibility index (Phi) is 3.77. The van der Waals surface area contributed by atoms with Crippen molar-refractivity contribution < 1.29 is 14.4 Å². The lowest BCUT2D eigenvalue weighted by molar-refractivity contribution is -0.114. The van der Waals surface area contributed by atoms with Gasteiger partial charge in [-0.1, -0.05) is 42.5 Å². The summed E-state index contributed by atoms with van der Waals surface area (Å²) in [4.78, 5) is 38.6. The van der Waals surface area contributed by atoms with Gasteiger partial charge in [-0.3, -0.25) is 19.3 Å². The van der Waals surface area contributed by atoms with Gasteiger partial charge in [0.1, 0.15) is 0 Å². The lowest BCUT2D eigenvalue weighted by atomic mass is 9.92. The van der Waals surface area contributed by atoms with Gasteiger partial charge in [0.05, 0.1) is 6.54 Å². The van der Waals surface area contributed by atoms with Crippen LogP contribution in [0.2, 0.25) is 0 Å². The van der Waals surface area contributed by atoms with Crippen LogP contribution in [0.4, 0.5) is 5.69 Å². The van der Waals surface area contributed by atoms with E-state index in [1.54, 1.807) is 30.3 Å². The van der Waals surface area contributed by atoms with Gasteiger partial charge in [0.25, 0.3) is 11.8 Å². The standard InChI is InChI=1S/C21H16N2O3/c1-13(24)22-18-11-10-17-19-15(18)8-5-9-16(19)20(25)23(21(17)26)12-14-6-3-2-4-7-14/h2-11H,12H2,1H3,(H,22,24). The zero-order valence-electron chi connectivity index (χ0n) is 14.2. The molecule has 0 radical (unpaired) electrons. The first-order chi connectivity index (χ1) is 12.6. The van der Waals surface area contributed by atoms with E-state index in [0.717, 1.165) is 5.56 Å². The van der Waals surface area contributed by atoms with Crippen LogP contribution < -0.4 is 5.32 Å². The number of hydrogen-bond acceptors (Lipinski definition) is 3. The first-order valence-electron chi connectivity index (χ1n) is 8.29. The van der Waals surface area contributed by atoms with Gasteiger partial charge in [-0.05, 0) is 23.8 Å². The Hall–Kier alpha value is -3.47. The van der Waals surface area contributed by atoms with Gasteiger partial charge in [0.15, 0.2) is 0 Å². The van der Waals surface area contributed by atoms with Crippen molar-refractivity contribution in [1.82, 2.24) is 4.90 Å². The number of rotatable bonds is 3. The van der Waals surface area contributed by atoms with Crippen molar-refractivity contribution >= 4 is 34.2 Å². The van der Waals surface area contributed by atoms with Crippen molar-refractivity contribution in [2.24, 2.45) is 0 Å². The molecule has 0 saturated carbocycles. The number of anilines is 1. The second kappa shape index (κ2) is 6.11. The maximum atomic E-state index is 13.0. The molecular formula is C21H16N2O3. The van der Waals surface area contributed by atoms with Gasteiger partial charge in [0, 0.05) is 34.5 Å². The molecule has 5 nitrogen and oxygen atoms in total. The minimum atomic E-state index is -0.322. The molecule has 5 heteroatoms. The molecule has 1 N–H and O–H groups in total. The van der Waals surface area contributed by atoms with Crippen molar-refractivity contribution in [3.05, 3.63) is 77.4 Å². The van der Waals surface area contributed by atoms with Crippen LogP contribution in [-0.2, 0) is 11.3 Å². The fourth-order valence-corrected chi connectivity index (χ4v) is 3.35. The second-order valence-electron chi connectivity index (χ2n) is 6.25. The van der Waals surface area contributed by atoms with Crippen LogP contribution in [0.15, 0.2) is 60.7 Å². The maximum absolute atomic E-state index is 13.0. The summed E-state index contributed by atoms with van der Waals surface area (Å²) in [6, 6.07) is 18.1. The Morgan fingerprint density at radius 3 is 2.27 bits per heavy atom. The first-order valence-corrected chi connectivity index (χ1v) is 8.29. The number of amides is 3. The highest BCUT2D eigenvalue weighted by molar-refractivity contribution is 6.27. The summed E-state index contributed by atoms with van der Waals surface area (Å²) in [6.45, 7) is 1.65. The van der Waals surface area contributed by atoms with Crippen LogP contribution in [0.5, 0.6) is 0 Å². The lowest BCUT2D eigenvalue weighted by Crippen LogP contribution is -2.39. The highest BCUT2D eigenvalue weighted by Gasteiger charge is 2.33. The molecule has 0 aromatic heterocycles. The maximum Gasteiger partial charge on any atom is 0.261 e. The number of carbonyl (C=O) groups is 3. The topological polar surface area (TPSA) is 66.5 Å². The van der Waals surface area contributed by atoms with E-state index < -0.39 is 0 Å². The third-order valence-corrected chi connectivity index (χ3v) is 4.49. The molecule has 4 rings (SSSR count). The van der Waals surface area contributed by atoms with E-state index in [4.69, 9.17) is 0 Å².